The van der Waals surface area contributed by atoms with Crippen molar-refractivity contribution in [2.75, 3.05) is 0 Å². The maximum atomic E-state index is 7.38. The third-order valence-corrected chi connectivity index (χ3v) is 6.73. The summed E-state index contributed by atoms with van der Waals surface area (Å²) in [4.78, 5) is 14.4. The van der Waals surface area contributed by atoms with E-state index in [1.54, 1.807) is 6.08 Å². The molecule has 6 aromatic rings. The van der Waals surface area contributed by atoms with Gasteiger partial charge < -0.3 is 10.8 Å². The first-order valence-corrected chi connectivity index (χ1v) is 12.9. The minimum absolute atomic E-state index is 0.627. The van der Waals surface area contributed by atoms with Crippen molar-refractivity contribution in [3.63, 3.8) is 0 Å². The number of hydrazine groups is 1. The molecule has 0 aliphatic heterocycles. The maximum Gasteiger partial charge on any atom is 0.164 e. The Morgan fingerprint density at radius 2 is 1.05 bits per heavy atom. The molecule has 0 unspecified atom stereocenters. The van der Waals surface area contributed by atoms with Crippen LogP contribution in [-0.4, -0.2) is 21.2 Å². The van der Waals surface area contributed by atoms with Crippen molar-refractivity contribution in [2.24, 2.45) is 5.84 Å². The first kappa shape index (κ1) is 24.9. The highest BCUT2D eigenvalue weighted by Crippen LogP contribution is 2.29. The molecular weight excluding hydrogens is 492 g/mol. The summed E-state index contributed by atoms with van der Waals surface area (Å²) < 4.78 is 0. The molecule has 40 heavy (non-hydrogen) atoms. The Hall–Kier alpha value is -5.46. The van der Waals surface area contributed by atoms with E-state index in [9.17, 15) is 0 Å². The summed E-state index contributed by atoms with van der Waals surface area (Å²) in [6.45, 7) is 0. The van der Waals surface area contributed by atoms with Crippen molar-refractivity contribution in [3.8, 4) is 45.3 Å². The zero-order valence-corrected chi connectivity index (χ0v) is 21.6. The van der Waals surface area contributed by atoms with Crippen LogP contribution in [0.1, 0.15) is 5.56 Å². The molecule has 192 valence electrons. The third kappa shape index (κ3) is 5.12. The van der Waals surface area contributed by atoms with Gasteiger partial charge >= 0.3 is 0 Å². The van der Waals surface area contributed by atoms with Crippen LogP contribution >= 0.6 is 0 Å². The zero-order valence-electron chi connectivity index (χ0n) is 21.6. The number of allylic oxidation sites excluding steroid dienone is 1. The summed E-state index contributed by atoms with van der Waals surface area (Å²) in [6, 6.07) is 40.8. The van der Waals surface area contributed by atoms with Crippen LogP contribution in [0.5, 0.6) is 0 Å². The Balaban J connectivity index is 1.37. The molecular formula is C34H26N6. The Morgan fingerprint density at radius 1 is 0.550 bits per heavy atom. The van der Waals surface area contributed by atoms with Gasteiger partial charge in [-0.1, -0.05) is 109 Å². The second kappa shape index (κ2) is 11.1. The van der Waals surface area contributed by atoms with Gasteiger partial charge in [0.25, 0.3) is 0 Å². The topological polar surface area (TPSA) is 101 Å². The Kier molecular flexibility index (Phi) is 6.90. The van der Waals surface area contributed by atoms with Gasteiger partial charge in [-0.15, -0.1) is 0 Å². The fraction of sp³-hybridized carbons (Fsp3) is 0. The van der Waals surface area contributed by atoms with Crippen LogP contribution in [0.3, 0.4) is 0 Å². The average Bonchev–Trinajstić information content (AvgIpc) is 3.04. The molecule has 0 aliphatic carbocycles. The molecule has 0 aliphatic rings. The predicted octanol–water partition coefficient (Wildman–Crippen LogP) is 7.15. The number of hydrogen-bond acceptors (Lipinski definition) is 6. The highest BCUT2D eigenvalue weighted by atomic mass is 15.2. The minimum Gasteiger partial charge on any atom is -0.323 e. The molecule has 6 heteroatoms. The molecule has 6 nitrogen and oxygen atoms in total. The summed E-state index contributed by atoms with van der Waals surface area (Å²) in [5.74, 6) is 7.58. The van der Waals surface area contributed by atoms with Crippen LogP contribution in [0.2, 0.25) is 0 Å². The number of fused-ring (bicyclic) bond motifs is 1. The van der Waals surface area contributed by atoms with Gasteiger partial charge in [-0.3, -0.25) is 5.84 Å². The highest BCUT2D eigenvalue weighted by molar-refractivity contribution is 5.91. The summed E-state index contributed by atoms with van der Waals surface area (Å²) in [6.07, 6.45) is 2.85. The Morgan fingerprint density at radius 3 is 1.60 bits per heavy atom. The third-order valence-electron chi connectivity index (χ3n) is 6.73. The van der Waals surface area contributed by atoms with E-state index in [-0.39, 0.29) is 0 Å². The fourth-order valence-electron chi connectivity index (χ4n) is 4.65. The predicted molar refractivity (Wildman–Crippen MR) is 163 cm³/mol. The van der Waals surface area contributed by atoms with Crippen LogP contribution in [0.4, 0.5) is 0 Å². The Labute approximate surface area is 232 Å². The lowest BCUT2D eigenvalue weighted by atomic mass is 9.98. The molecule has 0 atom stereocenters. The summed E-state index contributed by atoms with van der Waals surface area (Å²) in [5.41, 5.74) is 9.27. The van der Waals surface area contributed by atoms with Gasteiger partial charge in [0.05, 0.1) is 5.70 Å². The van der Waals surface area contributed by atoms with Gasteiger partial charge in [0, 0.05) is 22.9 Å². The van der Waals surface area contributed by atoms with Crippen LogP contribution in [0, 0.1) is 5.41 Å². The van der Waals surface area contributed by atoms with E-state index in [0.29, 0.717) is 23.2 Å². The number of hydrogen-bond donors (Lipinski definition) is 3. The largest absolute Gasteiger partial charge is 0.323 e. The SMILES string of the molecule is N=C/C=C(\NN)c1ccc2ccc(-c3ccc(-c4nc(-c5ccccc5)nc(-c5ccccc5)n4)cc3)cc2c1. The van der Waals surface area contributed by atoms with Crippen LogP contribution < -0.4 is 11.3 Å². The smallest absolute Gasteiger partial charge is 0.164 e. The van der Waals surface area contributed by atoms with Crippen LogP contribution in [0.15, 0.2) is 127 Å². The van der Waals surface area contributed by atoms with Gasteiger partial charge in [-0.25, -0.2) is 15.0 Å². The second-order valence-electron chi connectivity index (χ2n) is 9.28. The van der Waals surface area contributed by atoms with E-state index in [1.165, 1.54) is 6.21 Å². The van der Waals surface area contributed by atoms with Gasteiger partial charge in [0.15, 0.2) is 17.5 Å². The van der Waals surface area contributed by atoms with Gasteiger partial charge in [0.2, 0.25) is 0 Å². The maximum absolute atomic E-state index is 7.38. The number of rotatable bonds is 7. The summed E-state index contributed by atoms with van der Waals surface area (Å²) >= 11 is 0. The number of nitrogens with two attached hydrogens (primary N) is 1. The molecule has 5 aromatic carbocycles. The molecule has 0 bridgehead atoms. The van der Waals surface area contributed by atoms with Crippen molar-refractivity contribution in [1.29, 1.82) is 5.41 Å². The van der Waals surface area contributed by atoms with Crippen molar-refractivity contribution in [2.45, 2.75) is 0 Å². The monoisotopic (exact) mass is 518 g/mol. The minimum atomic E-state index is 0.627. The van der Waals surface area contributed by atoms with Gasteiger partial charge in [0.1, 0.15) is 0 Å². The molecule has 0 saturated heterocycles. The van der Waals surface area contributed by atoms with Crippen molar-refractivity contribution in [1.82, 2.24) is 20.4 Å². The molecule has 4 N–H and O–H groups in total. The quantitative estimate of drug-likeness (QED) is 0.118. The van der Waals surface area contributed by atoms with E-state index in [0.717, 1.165) is 44.2 Å². The molecule has 1 aromatic heterocycles. The first-order chi connectivity index (χ1) is 19.7. The average molecular weight is 519 g/mol. The molecule has 1 heterocycles. The number of aromatic nitrogens is 3. The molecule has 0 radical (unpaired) electrons. The van der Waals surface area contributed by atoms with E-state index in [4.69, 9.17) is 26.2 Å². The normalized spacial score (nSPS) is 11.4. The van der Waals surface area contributed by atoms with Gasteiger partial charge in [-0.05, 0) is 45.7 Å². The second-order valence-corrected chi connectivity index (χ2v) is 9.28. The lowest BCUT2D eigenvalue weighted by molar-refractivity contribution is 0.993. The number of nitrogens with zero attached hydrogens (tertiary/aromatic N) is 3. The van der Waals surface area contributed by atoms with Crippen molar-refractivity contribution in [3.05, 3.63) is 133 Å². The standard InChI is InChI=1S/C34H26N6/c35-20-19-31(40-36)29-18-14-24-13-17-28(21-30(24)22-29)23-11-15-27(16-12-23)34-38-32(25-7-3-1-4-8-25)37-33(39-34)26-9-5-2-6-10-26/h1-22,35,40H,36H2/b31-19-,35-20?. The number of nitrogens with one attached hydrogen (secondary N) is 2. The van der Waals surface area contributed by atoms with Crippen molar-refractivity contribution < 1.29 is 0 Å². The molecule has 6 rings (SSSR count). The van der Waals surface area contributed by atoms with Crippen molar-refractivity contribution >= 4 is 22.7 Å². The van der Waals surface area contributed by atoms with E-state index in [1.807, 2.05) is 66.7 Å². The molecule has 0 spiro atoms. The fourth-order valence-corrected chi connectivity index (χ4v) is 4.65. The van der Waals surface area contributed by atoms with E-state index < -0.39 is 0 Å². The Bertz CT molecular complexity index is 1770. The van der Waals surface area contributed by atoms with E-state index >= 15 is 0 Å². The highest BCUT2D eigenvalue weighted by Gasteiger charge is 2.12. The zero-order chi connectivity index (χ0) is 27.3. The number of benzene rings is 5. The van der Waals surface area contributed by atoms with Crippen LogP contribution in [0.25, 0.3) is 61.8 Å². The molecule has 0 saturated carbocycles. The van der Waals surface area contributed by atoms with E-state index in [2.05, 4.69) is 60.0 Å². The molecule has 0 fully saturated rings. The molecule has 0 amide bonds. The van der Waals surface area contributed by atoms with Crippen LogP contribution in [-0.2, 0) is 0 Å². The van der Waals surface area contributed by atoms with Gasteiger partial charge in [-0.2, -0.15) is 0 Å². The summed E-state index contributed by atoms with van der Waals surface area (Å²) in [7, 11) is 0. The lowest BCUT2D eigenvalue weighted by Gasteiger charge is -2.10. The first-order valence-electron chi connectivity index (χ1n) is 12.9. The lowest BCUT2D eigenvalue weighted by Crippen LogP contribution is -2.20. The summed E-state index contributed by atoms with van der Waals surface area (Å²) in [5, 5.41) is 9.59.